The van der Waals surface area contributed by atoms with E-state index in [9.17, 15) is 9.59 Å². The fourth-order valence-corrected chi connectivity index (χ4v) is 4.25. The molecule has 1 atom stereocenters. The summed E-state index contributed by atoms with van der Waals surface area (Å²) in [6.07, 6.45) is 3.45. The Morgan fingerprint density at radius 1 is 1.16 bits per heavy atom. The van der Waals surface area contributed by atoms with E-state index in [2.05, 4.69) is 31.7 Å². The Labute approximate surface area is 211 Å². The van der Waals surface area contributed by atoms with Crippen LogP contribution in [0.2, 0.25) is 0 Å². The van der Waals surface area contributed by atoms with Gasteiger partial charge in [0, 0.05) is 31.4 Å². The summed E-state index contributed by atoms with van der Waals surface area (Å²) < 4.78 is 20.7. The number of carbonyl (C=O) groups excluding carboxylic acids is 2. The number of amides is 1. The first-order valence-electron chi connectivity index (χ1n) is 11.5. The Bertz CT molecular complexity index is 1560. The largest absolute Gasteiger partial charge is 0.457 e. The van der Waals surface area contributed by atoms with Crippen LogP contribution in [0.15, 0.2) is 73.3 Å². The molecule has 0 saturated carbocycles. The summed E-state index contributed by atoms with van der Waals surface area (Å²) in [5, 5.41) is 3.69. The van der Waals surface area contributed by atoms with Crippen molar-refractivity contribution in [3.05, 3.63) is 102 Å². The number of likely N-dealkylation sites (tertiary alicyclic amines) is 1. The molecule has 0 aliphatic carbocycles. The second kappa shape index (κ2) is 9.91. The standard InChI is InChI=1S/C27H21FN6O3/c1-16(29-2)27(36)34-11-10-17(14-34)33-26-23-21(13-30-25(23)31-15-32-26)24(35)20-9-8-19(12-22(20)28)37-18-6-4-3-5-7-18/h3-9,12-13,15,17H,1,10-11,14H2,(H2,30,31,32,33). The number of fused-ring (bicyclic) bond motifs is 1. The van der Waals surface area contributed by atoms with Gasteiger partial charge in [-0.05, 0) is 30.7 Å². The van der Waals surface area contributed by atoms with Gasteiger partial charge in [-0.3, -0.25) is 9.59 Å². The molecule has 5 rings (SSSR count). The van der Waals surface area contributed by atoms with Crippen molar-refractivity contribution < 1.29 is 18.7 Å². The van der Waals surface area contributed by atoms with Crippen molar-refractivity contribution in [2.45, 2.75) is 12.5 Å². The average molecular weight is 497 g/mol. The number of ketones is 1. The van der Waals surface area contributed by atoms with Gasteiger partial charge < -0.3 is 19.9 Å². The summed E-state index contributed by atoms with van der Waals surface area (Å²) in [7, 11) is 0. The number of anilines is 1. The van der Waals surface area contributed by atoms with E-state index in [0.29, 0.717) is 42.1 Å². The Morgan fingerprint density at radius 2 is 1.97 bits per heavy atom. The molecule has 2 aromatic heterocycles. The first kappa shape index (κ1) is 23.7. The number of para-hydroxylation sites is 1. The van der Waals surface area contributed by atoms with Crippen LogP contribution in [0.1, 0.15) is 22.3 Å². The van der Waals surface area contributed by atoms with Gasteiger partial charge in [-0.15, -0.1) is 0 Å². The molecular formula is C27H21FN6O3. The maximum absolute atomic E-state index is 15.0. The van der Waals surface area contributed by atoms with E-state index in [1.807, 2.05) is 6.07 Å². The highest BCUT2D eigenvalue weighted by Crippen LogP contribution is 2.30. The lowest BCUT2D eigenvalue weighted by Crippen LogP contribution is -2.32. The van der Waals surface area contributed by atoms with Crippen LogP contribution in [-0.2, 0) is 4.79 Å². The van der Waals surface area contributed by atoms with E-state index >= 15 is 4.39 Å². The summed E-state index contributed by atoms with van der Waals surface area (Å²) in [5.41, 5.74) is 0.371. The molecule has 9 nitrogen and oxygen atoms in total. The number of aromatic nitrogens is 3. The maximum Gasteiger partial charge on any atom is 0.252 e. The molecule has 0 spiro atoms. The SMILES string of the molecule is [C-]#[N+]C(=C)C(=O)N1CCC(Nc2ncnc3[nH]cc(C(=O)c4ccc(Oc5ccccc5)cc4F)c23)C1. The number of rotatable bonds is 7. The van der Waals surface area contributed by atoms with Crippen LogP contribution in [0.25, 0.3) is 15.9 Å². The van der Waals surface area contributed by atoms with Gasteiger partial charge in [0.25, 0.3) is 5.91 Å². The minimum Gasteiger partial charge on any atom is -0.457 e. The highest BCUT2D eigenvalue weighted by molar-refractivity contribution is 6.18. The van der Waals surface area contributed by atoms with E-state index < -0.39 is 17.5 Å². The third-order valence-corrected chi connectivity index (χ3v) is 6.08. The number of halogens is 1. The molecule has 4 aromatic rings. The summed E-state index contributed by atoms with van der Waals surface area (Å²) in [5.74, 6) is -0.446. The molecule has 10 heteroatoms. The summed E-state index contributed by atoms with van der Waals surface area (Å²) in [6.45, 7) is 11.3. The van der Waals surface area contributed by atoms with Crippen LogP contribution in [-0.4, -0.2) is 50.7 Å². The fraction of sp³-hybridized carbons (Fsp3) is 0.148. The molecule has 1 saturated heterocycles. The van der Waals surface area contributed by atoms with Crippen LogP contribution in [0.4, 0.5) is 10.2 Å². The van der Waals surface area contributed by atoms with Gasteiger partial charge in [-0.1, -0.05) is 24.8 Å². The molecule has 3 heterocycles. The van der Waals surface area contributed by atoms with Gasteiger partial charge in [-0.25, -0.2) is 19.2 Å². The molecule has 1 aliphatic heterocycles. The number of hydrogen-bond acceptors (Lipinski definition) is 6. The predicted molar refractivity (Wildman–Crippen MR) is 135 cm³/mol. The molecule has 0 bridgehead atoms. The van der Waals surface area contributed by atoms with Crippen molar-refractivity contribution in [1.82, 2.24) is 19.9 Å². The minimum absolute atomic E-state index is 0.119. The van der Waals surface area contributed by atoms with Crippen molar-refractivity contribution in [1.29, 1.82) is 0 Å². The fourth-order valence-electron chi connectivity index (χ4n) is 4.25. The number of carbonyl (C=O) groups is 2. The predicted octanol–water partition coefficient (Wildman–Crippen LogP) is 4.57. The van der Waals surface area contributed by atoms with Gasteiger partial charge in [0.05, 0.1) is 23.1 Å². The zero-order valence-electron chi connectivity index (χ0n) is 19.6. The van der Waals surface area contributed by atoms with Gasteiger partial charge in [0.15, 0.2) is 5.78 Å². The lowest BCUT2D eigenvalue weighted by molar-refractivity contribution is -0.125. The monoisotopic (exact) mass is 496 g/mol. The van der Waals surface area contributed by atoms with Gasteiger partial charge in [0.2, 0.25) is 5.70 Å². The number of benzene rings is 2. The minimum atomic E-state index is -0.718. The quantitative estimate of drug-likeness (QED) is 0.221. The molecule has 37 heavy (non-hydrogen) atoms. The third kappa shape index (κ3) is 4.75. The summed E-state index contributed by atoms with van der Waals surface area (Å²) >= 11 is 0. The van der Waals surface area contributed by atoms with E-state index in [1.54, 1.807) is 29.2 Å². The van der Waals surface area contributed by atoms with Gasteiger partial charge in [0.1, 0.15) is 35.1 Å². The number of nitrogens with one attached hydrogen (secondary N) is 2. The second-order valence-electron chi connectivity index (χ2n) is 8.47. The molecule has 2 N–H and O–H groups in total. The van der Waals surface area contributed by atoms with Gasteiger partial charge >= 0.3 is 0 Å². The Hall–Kier alpha value is -5.04. The van der Waals surface area contributed by atoms with Crippen molar-refractivity contribution in [3.8, 4) is 11.5 Å². The number of ether oxygens (including phenoxy) is 1. The van der Waals surface area contributed by atoms with Crippen molar-refractivity contribution in [2.24, 2.45) is 0 Å². The van der Waals surface area contributed by atoms with Crippen molar-refractivity contribution in [3.63, 3.8) is 0 Å². The number of aromatic amines is 1. The first-order valence-corrected chi connectivity index (χ1v) is 11.5. The molecule has 1 amide bonds. The third-order valence-electron chi connectivity index (χ3n) is 6.08. The molecule has 2 aromatic carbocycles. The lowest BCUT2D eigenvalue weighted by Gasteiger charge is -2.17. The van der Waals surface area contributed by atoms with Crippen molar-refractivity contribution >= 4 is 28.5 Å². The van der Waals surface area contributed by atoms with E-state index in [0.717, 1.165) is 0 Å². The number of H-pyrrole nitrogens is 1. The molecule has 1 fully saturated rings. The Morgan fingerprint density at radius 3 is 2.73 bits per heavy atom. The zero-order chi connectivity index (χ0) is 25.9. The molecule has 184 valence electrons. The first-order chi connectivity index (χ1) is 17.9. The van der Waals surface area contributed by atoms with Crippen LogP contribution >= 0.6 is 0 Å². The van der Waals surface area contributed by atoms with E-state index in [-0.39, 0.29) is 28.6 Å². The number of nitrogens with zero attached hydrogens (tertiary/aromatic N) is 4. The van der Waals surface area contributed by atoms with Crippen LogP contribution < -0.4 is 10.1 Å². The molecular weight excluding hydrogens is 475 g/mol. The number of hydrogen-bond donors (Lipinski definition) is 2. The second-order valence-corrected chi connectivity index (χ2v) is 8.47. The summed E-state index contributed by atoms with van der Waals surface area (Å²) in [4.78, 5) is 41.8. The maximum atomic E-state index is 15.0. The van der Waals surface area contributed by atoms with Crippen molar-refractivity contribution in [2.75, 3.05) is 18.4 Å². The van der Waals surface area contributed by atoms with E-state index in [1.165, 1.54) is 30.7 Å². The highest BCUT2D eigenvalue weighted by atomic mass is 19.1. The molecule has 1 unspecified atom stereocenters. The Kier molecular flexibility index (Phi) is 6.34. The molecule has 1 aliphatic rings. The van der Waals surface area contributed by atoms with Crippen LogP contribution in [0.3, 0.4) is 0 Å². The van der Waals surface area contributed by atoms with Crippen LogP contribution in [0, 0.1) is 12.4 Å². The zero-order valence-corrected chi connectivity index (χ0v) is 19.6. The molecule has 0 radical (unpaired) electrons. The highest BCUT2D eigenvalue weighted by Gasteiger charge is 2.29. The summed E-state index contributed by atoms with van der Waals surface area (Å²) in [6, 6.07) is 12.9. The van der Waals surface area contributed by atoms with Gasteiger partial charge in [-0.2, -0.15) is 0 Å². The average Bonchev–Trinajstić information content (AvgIpc) is 3.56. The van der Waals surface area contributed by atoms with Crippen LogP contribution in [0.5, 0.6) is 11.5 Å². The smallest absolute Gasteiger partial charge is 0.252 e. The topological polar surface area (TPSA) is 105 Å². The van der Waals surface area contributed by atoms with E-state index in [4.69, 9.17) is 11.3 Å². The normalized spacial score (nSPS) is 14.8. The Balaban J connectivity index is 1.38. The lowest BCUT2D eigenvalue weighted by atomic mass is 10.0.